The number of hydrogen-bond donors (Lipinski definition) is 1. The van der Waals surface area contributed by atoms with Gasteiger partial charge in [0.2, 0.25) is 0 Å². The average molecular weight is 615 g/mol. The number of carbonyl (C=O) groups is 2. The highest BCUT2D eigenvalue weighted by Crippen LogP contribution is 2.33. The predicted octanol–water partition coefficient (Wildman–Crippen LogP) is 7.89. The molecule has 4 aromatic rings. The zero-order chi connectivity index (χ0) is 31.8. The van der Waals surface area contributed by atoms with E-state index in [0.29, 0.717) is 48.9 Å². The number of halogens is 3. The molecule has 0 saturated carbocycles. The van der Waals surface area contributed by atoms with Crippen LogP contribution in [-0.4, -0.2) is 39.3 Å². The number of alkyl halides is 3. The van der Waals surface area contributed by atoms with Crippen molar-refractivity contribution in [3.05, 3.63) is 137 Å². The molecule has 8 heteroatoms. The number of hydrogen-bond acceptors (Lipinski definition) is 4. The van der Waals surface area contributed by atoms with E-state index >= 15 is 0 Å². The molecule has 3 atom stereocenters. The molecule has 1 saturated heterocycles. The Morgan fingerprint density at radius 2 is 1.60 bits per heavy atom. The fourth-order valence-corrected chi connectivity index (χ4v) is 6.20. The number of likely N-dealkylation sites (tertiary alicyclic amines) is 1. The number of amides is 1. The Kier molecular flexibility index (Phi) is 10.5. The number of rotatable bonds is 12. The lowest BCUT2D eigenvalue weighted by molar-refractivity contribution is -0.137. The van der Waals surface area contributed by atoms with E-state index < -0.39 is 23.8 Å². The summed E-state index contributed by atoms with van der Waals surface area (Å²) in [6.45, 7) is 0.635. The Hall–Kier alpha value is -4.30. The van der Waals surface area contributed by atoms with Gasteiger partial charge >= 0.3 is 6.18 Å². The standard InChI is InChI=1S/C37H37F3N2O3/c38-37(39,40)32-14-4-10-27(23-32)11-5-16-34(43)31(22-26-8-2-1-3-9-26)25-35(44)29-12-6-13-30(24-29)36(45)42-21-7-15-33(42)28-17-19-41-20-18-28/h1-4,6,8-10,12-14,17-20,23-24,31,33-34,43H,5,7,11,15-16,21-22,25H2/t31-,33?,34-/m1/s1. The first-order chi connectivity index (χ1) is 21.7. The number of nitrogens with zero attached hydrogens (tertiary/aromatic N) is 2. The number of Topliss-reactive ketones (excluding diaryl/α,β-unsaturated/α-hetero) is 1. The molecule has 1 aliphatic rings. The molecule has 5 rings (SSSR count). The number of benzene rings is 3. The number of pyridine rings is 1. The van der Waals surface area contributed by atoms with Gasteiger partial charge in [-0.15, -0.1) is 0 Å². The fourth-order valence-electron chi connectivity index (χ4n) is 6.20. The quantitative estimate of drug-likeness (QED) is 0.165. The molecule has 1 aliphatic heterocycles. The highest BCUT2D eigenvalue weighted by Gasteiger charge is 2.32. The van der Waals surface area contributed by atoms with Gasteiger partial charge in [-0.3, -0.25) is 14.6 Å². The molecule has 5 nitrogen and oxygen atoms in total. The Balaban J connectivity index is 1.27. The molecule has 234 valence electrons. The number of aliphatic hydroxyl groups is 1. The van der Waals surface area contributed by atoms with Crippen molar-refractivity contribution >= 4 is 11.7 Å². The zero-order valence-corrected chi connectivity index (χ0v) is 25.0. The van der Waals surface area contributed by atoms with Crippen LogP contribution in [0, 0.1) is 5.92 Å². The Morgan fingerprint density at radius 1 is 0.889 bits per heavy atom. The van der Waals surface area contributed by atoms with E-state index in [4.69, 9.17) is 0 Å². The Bertz CT molecular complexity index is 1580. The van der Waals surface area contributed by atoms with Crippen LogP contribution in [0.1, 0.15) is 81.1 Å². The van der Waals surface area contributed by atoms with Crippen molar-refractivity contribution in [2.24, 2.45) is 5.92 Å². The van der Waals surface area contributed by atoms with E-state index in [-0.39, 0.29) is 24.2 Å². The summed E-state index contributed by atoms with van der Waals surface area (Å²) in [5.41, 5.74) is 2.74. The average Bonchev–Trinajstić information content (AvgIpc) is 3.55. The Morgan fingerprint density at radius 3 is 2.36 bits per heavy atom. The molecule has 1 amide bonds. The monoisotopic (exact) mass is 614 g/mol. The normalized spacial score (nSPS) is 16.4. The first-order valence-electron chi connectivity index (χ1n) is 15.4. The van der Waals surface area contributed by atoms with Crippen LogP contribution in [0.15, 0.2) is 103 Å². The molecular weight excluding hydrogens is 577 g/mol. The minimum absolute atomic E-state index is 0.0406. The van der Waals surface area contributed by atoms with Gasteiger partial charge in [0.15, 0.2) is 5.78 Å². The summed E-state index contributed by atoms with van der Waals surface area (Å²) in [5, 5.41) is 11.3. The molecule has 1 fully saturated rings. The molecule has 1 N–H and O–H groups in total. The van der Waals surface area contributed by atoms with Gasteiger partial charge in [0, 0.05) is 36.5 Å². The van der Waals surface area contributed by atoms with Crippen LogP contribution in [0.3, 0.4) is 0 Å². The summed E-state index contributed by atoms with van der Waals surface area (Å²) in [6, 6.07) is 25.4. The van der Waals surface area contributed by atoms with E-state index in [1.165, 1.54) is 6.07 Å². The molecule has 0 aliphatic carbocycles. The predicted molar refractivity (Wildman–Crippen MR) is 167 cm³/mol. The zero-order valence-electron chi connectivity index (χ0n) is 25.0. The summed E-state index contributed by atoms with van der Waals surface area (Å²) in [6.07, 6.45) is 1.69. The molecule has 1 aromatic heterocycles. The number of aromatic nitrogens is 1. The molecule has 0 spiro atoms. The van der Waals surface area contributed by atoms with E-state index in [1.54, 1.807) is 42.7 Å². The van der Waals surface area contributed by atoms with Crippen LogP contribution in [0.25, 0.3) is 0 Å². The van der Waals surface area contributed by atoms with Gasteiger partial charge in [-0.1, -0.05) is 60.7 Å². The minimum atomic E-state index is -4.41. The molecule has 3 aromatic carbocycles. The first kappa shape index (κ1) is 32.1. The second-order valence-corrected chi connectivity index (χ2v) is 11.8. The lowest BCUT2D eigenvalue weighted by Crippen LogP contribution is -2.30. The van der Waals surface area contributed by atoms with E-state index in [1.807, 2.05) is 47.4 Å². The molecular formula is C37H37F3N2O3. The Labute approximate surface area is 261 Å². The van der Waals surface area contributed by atoms with Crippen molar-refractivity contribution in [1.29, 1.82) is 0 Å². The van der Waals surface area contributed by atoms with Crippen molar-refractivity contribution in [2.75, 3.05) is 6.54 Å². The van der Waals surface area contributed by atoms with Crippen LogP contribution in [0.4, 0.5) is 13.2 Å². The lowest BCUT2D eigenvalue weighted by Gasteiger charge is -2.25. The summed E-state index contributed by atoms with van der Waals surface area (Å²) in [4.78, 5) is 33.1. The smallest absolute Gasteiger partial charge is 0.393 e. The number of aryl methyl sites for hydroxylation is 1. The number of aliphatic hydroxyl groups excluding tert-OH is 1. The summed E-state index contributed by atoms with van der Waals surface area (Å²) in [5.74, 6) is -0.704. The van der Waals surface area contributed by atoms with Crippen LogP contribution >= 0.6 is 0 Å². The topological polar surface area (TPSA) is 70.5 Å². The number of ketones is 1. The summed E-state index contributed by atoms with van der Waals surface area (Å²) in [7, 11) is 0. The molecule has 45 heavy (non-hydrogen) atoms. The van der Waals surface area contributed by atoms with Gasteiger partial charge in [-0.2, -0.15) is 13.2 Å². The van der Waals surface area contributed by atoms with Gasteiger partial charge in [0.25, 0.3) is 5.91 Å². The lowest BCUT2D eigenvalue weighted by atomic mass is 9.85. The maximum absolute atomic E-state index is 13.6. The maximum atomic E-state index is 13.6. The van der Waals surface area contributed by atoms with Gasteiger partial charge in [-0.05, 0) is 91.5 Å². The highest BCUT2D eigenvalue weighted by molar-refractivity contribution is 6.01. The van der Waals surface area contributed by atoms with Crippen LogP contribution in [0.2, 0.25) is 0 Å². The van der Waals surface area contributed by atoms with Gasteiger partial charge in [-0.25, -0.2) is 0 Å². The second kappa shape index (κ2) is 14.7. The van der Waals surface area contributed by atoms with Crippen molar-refractivity contribution in [1.82, 2.24) is 9.88 Å². The fraction of sp³-hybridized carbons (Fsp3) is 0.324. The van der Waals surface area contributed by atoms with Crippen molar-refractivity contribution < 1.29 is 27.9 Å². The number of carbonyl (C=O) groups excluding carboxylic acids is 2. The minimum Gasteiger partial charge on any atom is -0.393 e. The largest absolute Gasteiger partial charge is 0.416 e. The molecule has 0 radical (unpaired) electrons. The third-order valence-electron chi connectivity index (χ3n) is 8.59. The van der Waals surface area contributed by atoms with Crippen molar-refractivity contribution in [3.8, 4) is 0 Å². The van der Waals surface area contributed by atoms with E-state index in [0.717, 1.165) is 36.1 Å². The second-order valence-electron chi connectivity index (χ2n) is 11.8. The summed E-state index contributed by atoms with van der Waals surface area (Å²) >= 11 is 0. The molecule has 0 bridgehead atoms. The highest BCUT2D eigenvalue weighted by atomic mass is 19.4. The molecule has 2 heterocycles. The van der Waals surface area contributed by atoms with E-state index in [9.17, 15) is 27.9 Å². The third kappa shape index (κ3) is 8.45. The van der Waals surface area contributed by atoms with Crippen LogP contribution in [-0.2, 0) is 19.0 Å². The van der Waals surface area contributed by atoms with Gasteiger partial charge < -0.3 is 10.0 Å². The maximum Gasteiger partial charge on any atom is 0.416 e. The van der Waals surface area contributed by atoms with Gasteiger partial charge in [0.05, 0.1) is 17.7 Å². The van der Waals surface area contributed by atoms with Crippen LogP contribution < -0.4 is 0 Å². The van der Waals surface area contributed by atoms with Gasteiger partial charge in [0.1, 0.15) is 0 Å². The van der Waals surface area contributed by atoms with E-state index in [2.05, 4.69) is 4.98 Å². The van der Waals surface area contributed by atoms with Crippen molar-refractivity contribution in [2.45, 2.75) is 63.3 Å². The first-order valence-corrected chi connectivity index (χ1v) is 15.4. The summed E-state index contributed by atoms with van der Waals surface area (Å²) < 4.78 is 39.4. The molecule has 1 unspecified atom stereocenters. The third-order valence-corrected chi connectivity index (χ3v) is 8.59. The SMILES string of the molecule is O=C(C[C@@H](Cc1ccccc1)[C@H](O)CCCc1cccc(C(F)(F)F)c1)c1cccc(C(=O)N2CCCC2c2ccncc2)c1. The van der Waals surface area contributed by atoms with Crippen LogP contribution in [0.5, 0.6) is 0 Å². The van der Waals surface area contributed by atoms with Crippen molar-refractivity contribution in [3.63, 3.8) is 0 Å².